The molecule has 1 N–H and O–H groups in total. The number of aromatic nitrogens is 4. The first kappa shape index (κ1) is 18.6. The number of nitrogens with one attached hydrogen (secondary N) is 1. The van der Waals surface area contributed by atoms with E-state index in [0.29, 0.717) is 11.4 Å². The third kappa shape index (κ3) is 3.80. The zero-order valence-electron chi connectivity index (χ0n) is 16.5. The van der Waals surface area contributed by atoms with Gasteiger partial charge in [-0.05, 0) is 56.2 Å². The van der Waals surface area contributed by atoms with E-state index >= 15 is 0 Å². The summed E-state index contributed by atoms with van der Waals surface area (Å²) in [5.41, 5.74) is 5.37. The summed E-state index contributed by atoms with van der Waals surface area (Å²) in [6.07, 6.45) is 3.55. The molecule has 3 heterocycles. The van der Waals surface area contributed by atoms with Crippen molar-refractivity contribution >= 4 is 17.5 Å². The van der Waals surface area contributed by atoms with Crippen LogP contribution in [0.25, 0.3) is 17.0 Å². The summed E-state index contributed by atoms with van der Waals surface area (Å²) in [4.78, 5) is 25.5. The number of hydrogen-bond acceptors (Lipinski definition) is 5. The van der Waals surface area contributed by atoms with Crippen LogP contribution in [0.4, 0.5) is 5.95 Å². The zero-order chi connectivity index (χ0) is 20.4. The molecule has 0 unspecified atom stereocenters. The Morgan fingerprint density at radius 2 is 1.93 bits per heavy atom. The van der Waals surface area contributed by atoms with Crippen molar-refractivity contribution in [2.75, 3.05) is 11.9 Å². The number of pyridine rings is 1. The van der Waals surface area contributed by atoms with Crippen LogP contribution in [0.3, 0.4) is 0 Å². The number of benzene rings is 1. The first-order valence-electron chi connectivity index (χ1n) is 9.29. The van der Waals surface area contributed by atoms with Gasteiger partial charge in [0.15, 0.2) is 6.61 Å². The summed E-state index contributed by atoms with van der Waals surface area (Å²) in [6, 6.07) is 13.4. The molecule has 0 fully saturated rings. The average Bonchev–Trinajstić information content (AvgIpc) is 3.05. The molecule has 0 aliphatic rings. The van der Waals surface area contributed by atoms with E-state index in [9.17, 15) is 4.79 Å². The monoisotopic (exact) mass is 387 g/mol. The molecule has 7 nitrogen and oxygen atoms in total. The van der Waals surface area contributed by atoms with E-state index in [2.05, 4.69) is 20.3 Å². The Balaban J connectivity index is 1.51. The number of hydrogen-bond donors (Lipinski definition) is 1. The van der Waals surface area contributed by atoms with Crippen LogP contribution in [0.5, 0.6) is 5.75 Å². The summed E-state index contributed by atoms with van der Waals surface area (Å²) in [6.45, 7) is 5.78. The van der Waals surface area contributed by atoms with Crippen molar-refractivity contribution in [3.63, 3.8) is 0 Å². The second-order valence-corrected chi connectivity index (χ2v) is 6.78. The third-order valence-electron chi connectivity index (χ3n) is 4.77. The Morgan fingerprint density at radius 1 is 1.07 bits per heavy atom. The number of carbonyl (C=O) groups excluding carboxylic acids is 1. The van der Waals surface area contributed by atoms with Gasteiger partial charge in [-0.15, -0.1) is 0 Å². The molecule has 4 rings (SSSR count). The van der Waals surface area contributed by atoms with Crippen molar-refractivity contribution in [1.82, 2.24) is 19.4 Å². The summed E-state index contributed by atoms with van der Waals surface area (Å²) in [5.74, 6) is 0.594. The first-order chi connectivity index (χ1) is 14.0. The van der Waals surface area contributed by atoms with E-state index in [1.165, 1.54) is 0 Å². The molecule has 1 amide bonds. The van der Waals surface area contributed by atoms with Crippen LogP contribution in [0.15, 0.2) is 54.9 Å². The maximum Gasteiger partial charge on any atom is 0.264 e. The van der Waals surface area contributed by atoms with Crippen molar-refractivity contribution in [2.45, 2.75) is 20.8 Å². The predicted octanol–water partition coefficient (Wildman–Crippen LogP) is 3.73. The van der Waals surface area contributed by atoms with Crippen LogP contribution < -0.4 is 10.1 Å². The van der Waals surface area contributed by atoms with Gasteiger partial charge >= 0.3 is 0 Å². The highest BCUT2D eigenvalue weighted by molar-refractivity contribution is 5.90. The lowest BCUT2D eigenvalue weighted by Crippen LogP contribution is -2.21. The molecule has 0 spiro atoms. The second kappa shape index (κ2) is 7.71. The molecule has 0 aliphatic carbocycles. The molecule has 0 radical (unpaired) electrons. The quantitative estimate of drug-likeness (QED) is 0.564. The number of ether oxygens (including phenoxy) is 1. The smallest absolute Gasteiger partial charge is 0.264 e. The van der Waals surface area contributed by atoms with Crippen molar-refractivity contribution < 1.29 is 9.53 Å². The lowest BCUT2D eigenvalue weighted by molar-refractivity contribution is -0.118. The minimum absolute atomic E-state index is 0.119. The molecule has 3 aromatic heterocycles. The van der Waals surface area contributed by atoms with E-state index in [1.54, 1.807) is 12.3 Å². The zero-order valence-corrected chi connectivity index (χ0v) is 16.5. The van der Waals surface area contributed by atoms with Gasteiger partial charge in [-0.3, -0.25) is 14.5 Å². The van der Waals surface area contributed by atoms with Gasteiger partial charge in [0.25, 0.3) is 5.91 Å². The van der Waals surface area contributed by atoms with Crippen LogP contribution >= 0.6 is 0 Å². The fraction of sp³-hybridized carbons (Fsp3) is 0.182. The van der Waals surface area contributed by atoms with Crippen molar-refractivity contribution in [1.29, 1.82) is 0 Å². The molecule has 0 saturated carbocycles. The summed E-state index contributed by atoms with van der Waals surface area (Å²) in [5, 5.41) is 2.70. The Hall–Kier alpha value is -3.74. The molecule has 1 aromatic carbocycles. The number of amides is 1. The third-order valence-corrected chi connectivity index (χ3v) is 4.77. The molecule has 0 saturated heterocycles. The van der Waals surface area contributed by atoms with Gasteiger partial charge in [0.2, 0.25) is 5.95 Å². The highest BCUT2D eigenvalue weighted by Crippen LogP contribution is 2.23. The van der Waals surface area contributed by atoms with Gasteiger partial charge in [0.1, 0.15) is 11.4 Å². The number of rotatable bonds is 5. The normalized spacial score (nSPS) is 10.9. The minimum atomic E-state index is -0.321. The summed E-state index contributed by atoms with van der Waals surface area (Å²) >= 11 is 0. The van der Waals surface area contributed by atoms with Crippen LogP contribution in [-0.2, 0) is 4.79 Å². The minimum Gasteiger partial charge on any atom is -0.483 e. The van der Waals surface area contributed by atoms with Crippen molar-refractivity contribution in [3.8, 4) is 17.1 Å². The van der Waals surface area contributed by atoms with Gasteiger partial charge in [0, 0.05) is 12.4 Å². The van der Waals surface area contributed by atoms with Crippen LogP contribution in [0, 0.1) is 20.8 Å². The molecule has 146 valence electrons. The number of imidazole rings is 1. The fourth-order valence-corrected chi connectivity index (χ4v) is 3.16. The standard InChI is InChI=1S/C22H21N5O2/c1-14-7-6-8-18(15(14)2)29-13-20(28)26-22-23-11-10-17(25-22)21-16(3)24-19-9-4-5-12-27(19)21/h4-12H,13H2,1-3H3,(H,23,25,26,28). The number of nitrogens with zero attached hydrogens (tertiary/aromatic N) is 4. The lowest BCUT2D eigenvalue weighted by atomic mass is 10.1. The number of aryl methyl sites for hydroxylation is 2. The molecular formula is C22H21N5O2. The maximum absolute atomic E-state index is 12.3. The highest BCUT2D eigenvalue weighted by Gasteiger charge is 2.14. The molecule has 0 bridgehead atoms. The van der Waals surface area contributed by atoms with E-state index in [0.717, 1.165) is 28.2 Å². The van der Waals surface area contributed by atoms with Crippen LogP contribution in [0.1, 0.15) is 16.8 Å². The van der Waals surface area contributed by atoms with Crippen molar-refractivity contribution in [3.05, 3.63) is 71.7 Å². The Bertz CT molecular complexity index is 1200. The van der Waals surface area contributed by atoms with E-state index < -0.39 is 0 Å². The van der Waals surface area contributed by atoms with Gasteiger partial charge in [-0.25, -0.2) is 15.0 Å². The van der Waals surface area contributed by atoms with Gasteiger partial charge in [-0.1, -0.05) is 18.2 Å². The van der Waals surface area contributed by atoms with Crippen LogP contribution in [-0.4, -0.2) is 31.9 Å². The van der Waals surface area contributed by atoms with Gasteiger partial charge < -0.3 is 4.74 Å². The average molecular weight is 387 g/mol. The number of fused-ring (bicyclic) bond motifs is 1. The Labute approximate surface area is 168 Å². The highest BCUT2D eigenvalue weighted by atomic mass is 16.5. The van der Waals surface area contributed by atoms with Crippen molar-refractivity contribution in [2.24, 2.45) is 0 Å². The van der Waals surface area contributed by atoms with E-state index in [1.807, 2.05) is 67.8 Å². The predicted molar refractivity (Wildman–Crippen MR) is 111 cm³/mol. The Kier molecular flexibility index (Phi) is 4.95. The van der Waals surface area contributed by atoms with E-state index in [-0.39, 0.29) is 18.5 Å². The van der Waals surface area contributed by atoms with Gasteiger partial charge in [0.05, 0.1) is 17.1 Å². The van der Waals surface area contributed by atoms with Gasteiger partial charge in [-0.2, -0.15) is 0 Å². The molecule has 7 heteroatoms. The molecular weight excluding hydrogens is 366 g/mol. The topological polar surface area (TPSA) is 81.4 Å². The summed E-state index contributed by atoms with van der Waals surface area (Å²) in [7, 11) is 0. The lowest BCUT2D eigenvalue weighted by Gasteiger charge is -2.11. The molecule has 29 heavy (non-hydrogen) atoms. The largest absolute Gasteiger partial charge is 0.483 e. The van der Waals surface area contributed by atoms with Crippen LogP contribution in [0.2, 0.25) is 0 Å². The Morgan fingerprint density at radius 3 is 2.79 bits per heavy atom. The fourth-order valence-electron chi connectivity index (χ4n) is 3.16. The molecule has 4 aromatic rings. The second-order valence-electron chi connectivity index (χ2n) is 6.78. The van der Waals surface area contributed by atoms with E-state index in [4.69, 9.17) is 4.74 Å². The SMILES string of the molecule is Cc1cccc(OCC(=O)Nc2nccc(-c3c(C)nc4ccccn34)n2)c1C. The number of anilines is 1. The molecule has 0 atom stereocenters. The molecule has 0 aliphatic heterocycles. The first-order valence-corrected chi connectivity index (χ1v) is 9.29. The maximum atomic E-state index is 12.3. The summed E-state index contributed by atoms with van der Waals surface area (Å²) < 4.78 is 7.61. The number of carbonyl (C=O) groups is 1.